The second kappa shape index (κ2) is 12.6. The molecule has 2 aliphatic rings. The molecule has 1 aromatic heterocycles. The van der Waals surface area contributed by atoms with Crippen molar-refractivity contribution in [2.24, 2.45) is 5.16 Å². The van der Waals surface area contributed by atoms with Crippen LogP contribution < -0.4 is 11.1 Å². The predicted molar refractivity (Wildman–Crippen MR) is 135 cm³/mol. The fourth-order valence-corrected chi connectivity index (χ4v) is 5.35. The molecule has 3 rings (SSSR count). The summed E-state index contributed by atoms with van der Waals surface area (Å²) in [5.41, 5.74) is 5.98. The number of amides is 2. The lowest BCUT2D eigenvalue weighted by Gasteiger charge is -2.49. The average molecular weight is 568 g/mol. The molecule has 1 aromatic rings. The van der Waals surface area contributed by atoms with Gasteiger partial charge in [0.15, 0.2) is 10.8 Å². The number of ether oxygens (including phenoxy) is 3. The molecule has 2 aliphatic heterocycles. The molecule has 3 atom stereocenters. The van der Waals surface area contributed by atoms with Gasteiger partial charge in [-0.3, -0.25) is 24.1 Å². The number of allylic oxidation sites excluding steroid dienone is 1. The van der Waals surface area contributed by atoms with Crippen LogP contribution in [0, 0.1) is 0 Å². The number of carbonyl (C=O) groups excluding carboxylic acids is 5. The van der Waals surface area contributed by atoms with Crippen molar-refractivity contribution in [2.75, 3.05) is 25.2 Å². The van der Waals surface area contributed by atoms with Gasteiger partial charge in [0.25, 0.3) is 11.8 Å². The summed E-state index contributed by atoms with van der Waals surface area (Å²) in [5, 5.41) is 7.41. The summed E-state index contributed by atoms with van der Waals surface area (Å²) in [7, 11) is 1.26. The van der Waals surface area contributed by atoms with Crippen LogP contribution in [0.4, 0.5) is 5.13 Å². The van der Waals surface area contributed by atoms with E-state index in [4.69, 9.17) is 24.8 Å². The number of nitrogen functional groups attached to an aromatic ring is 1. The summed E-state index contributed by atoms with van der Waals surface area (Å²) in [4.78, 5) is 71.4. The van der Waals surface area contributed by atoms with Crippen molar-refractivity contribution in [3.8, 4) is 0 Å². The lowest BCUT2D eigenvalue weighted by Crippen LogP contribution is -2.71. The molecule has 0 saturated carbocycles. The van der Waals surface area contributed by atoms with Crippen LogP contribution in [0.3, 0.4) is 0 Å². The van der Waals surface area contributed by atoms with Crippen molar-refractivity contribution in [3.63, 3.8) is 0 Å². The van der Waals surface area contributed by atoms with Crippen LogP contribution in [-0.4, -0.2) is 82.5 Å². The maximum Gasteiger partial charge on any atom is 0.358 e. The molecule has 0 bridgehead atoms. The number of thioether (sulfide) groups is 1. The minimum absolute atomic E-state index is 0.0471. The van der Waals surface area contributed by atoms with E-state index in [-0.39, 0.29) is 34.6 Å². The topological polar surface area (TPSA) is 189 Å². The minimum atomic E-state index is -1.21. The fraction of sp³-hybridized carbons (Fsp3) is 0.409. The highest BCUT2D eigenvalue weighted by Gasteiger charge is 2.54. The van der Waals surface area contributed by atoms with E-state index >= 15 is 0 Å². The summed E-state index contributed by atoms with van der Waals surface area (Å²) >= 11 is 2.39. The van der Waals surface area contributed by atoms with Crippen LogP contribution in [0.5, 0.6) is 0 Å². The molecule has 0 aliphatic carbocycles. The summed E-state index contributed by atoms with van der Waals surface area (Å²) in [6.45, 7) is 3.72. The first-order valence-electron chi connectivity index (χ1n) is 11.0. The van der Waals surface area contributed by atoms with Gasteiger partial charge >= 0.3 is 17.9 Å². The van der Waals surface area contributed by atoms with Crippen molar-refractivity contribution >= 4 is 63.7 Å². The number of thiazole rings is 1. The number of oxime groups is 1. The zero-order valence-corrected chi connectivity index (χ0v) is 22.4. The van der Waals surface area contributed by atoms with Crippen LogP contribution in [-0.2, 0) is 43.0 Å². The quantitative estimate of drug-likeness (QED) is 0.130. The third-order valence-corrected chi connectivity index (χ3v) is 6.92. The van der Waals surface area contributed by atoms with Crippen molar-refractivity contribution in [1.82, 2.24) is 15.2 Å². The lowest BCUT2D eigenvalue weighted by atomic mass is 10.0. The summed E-state index contributed by atoms with van der Waals surface area (Å²) in [5.74, 6) is -3.09. The van der Waals surface area contributed by atoms with E-state index in [1.165, 1.54) is 55.2 Å². The van der Waals surface area contributed by atoms with Gasteiger partial charge in [0, 0.05) is 31.9 Å². The molecule has 2 unspecified atom stereocenters. The average Bonchev–Trinajstić information content (AvgIpc) is 3.27. The van der Waals surface area contributed by atoms with E-state index < -0.39 is 47.4 Å². The van der Waals surface area contributed by atoms with Crippen LogP contribution in [0.2, 0.25) is 0 Å². The normalized spacial score (nSPS) is 19.8. The third-order valence-electron chi connectivity index (χ3n) is 4.95. The monoisotopic (exact) mass is 567 g/mol. The van der Waals surface area contributed by atoms with Gasteiger partial charge in [-0.25, -0.2) is 9.78 Å². The van der Waals surface area contributed by atoms with Gasteiger partial charge in [0.2, 0.25) is 6.29 Å². The Kier molecular flexibility index (Phi) is 9.46. The standard InChI is InChI=1S/C22H25N5O9S2/c1-10(28)34-7-5-6-13-8-37-20-16(25-18(30)15(26-33-4)14-9-38-22(23)24-14)19(31)27(20)17(13)21(32)36-12(3)35-11(2)29/h5-6,9,12,16,20H,7-8H2,1-4H3,(H2,23,24)(H,25,30)/b6-5-,26-15-/t12?,16?,20-/m0/s1. The maximum atomic E-state index is 13.2. The highest BCUT2D eigenvalue weighted by Crippen LogP contribution is 2.41. The molecule has 0 aromatic carbocycles. The van der Waals surface area contributed by atoms with Crippen molar-refractivity contribution in [3.05, 3.63) is 34.5 Å². The number of rotatable bonds is 10. The fourth-order valence-electron chi connectivity index (χ4n) is 3.48. The number of nitrogens with zero attached hydrogens (tertiary/aromatic N) is 3. The lowest BCUT2D eigenvalue weighted by molar-refractivity contribution is -0.182. The summed E-state index contributed by atoms with van der Waals surface area (Å²) < 4.78 is 15.0. The summed E-state index contributed by atoms with van der Waals surface area (Å²) in [6.07, 6.45) is 1.84. The highest BCUT2D eigenvalue weighted by atomic mass is 32.2. The molecule has 204 valence electrons. The van der Waals surface area contributed by atoms with E-state index in [1.54, 1.807) is 0 Å². The number of aromatic nitrogens is 1. The zero-order valence-electron chi connectivity index (χ0n) is 20.8. The molecule has 38 heavy (non-hydrogen) atoms. The Balaban J connectivity index is 1.82. The van der Waals surface area contributed by atoms with Gasteiger partial charge in [-0.2, -0.15) is 0 Å². The number of fused-ring (bicyclic) bond motifs is 1. The number of esters is 3. The van der Waals surface area contributed by atoms with Crippen molar-refractivity contribution < 1.29 is 43.0 Å². The Hall–Kier alpha value is -3.92. The van der Waals surface area contributed by atoms with Crippen molar-refractivity contribution in [2.45, 2.75) is 38.5 Å². The Labute approximate surface area is 225 Å². The first kappa shape index (κ1) is 28.6. The van der Waals surface area contributed by atoms with Crippen LogP contribution in [0.1, 0.15) is 26.5 Å². The number of β-lactam (4-membered cyclic amide) rings is 1. The Morgan fingerprint density at radius 1 is 1.29 bits per heavy atom. The van der Waals surface area contributed by atoms with Crippen LogP contribution in [0.25, 0.3) is 0 Å². The number of carbonyl (C=O) groups is 5. The van der Waals surface area contributed by atoms with Gasteiger partial charge in [0.1, 0.15) is 36.5 Å². The number of hydrogen-bond donors (Lipinski definition) is 2. The number of nitrogens with one attached hydrogen (secondary N) is 1. The van der Waals surface area contributed by atoms with Gasteiger partial charge in [0.05, 0.1) is 0 Å². The molecule has 3 heterocycles. The van der Waals surface area contributed by atoms with Crippen molar-refractivity contribution in [1.29, 1.82) is 0 Å². The van der Waals surface area contributed by atoms with Gasteiger partial charge in [-0.1, -0.05) is 11.2 Å². The molecule has 0 radical (unpaired) electrons. The third kappa shape index (κ3) is 6.69. The number of hydrogen-bond acceptors (Lipinski definition) is 14. The Morgan fingerprint density at radius 2 is 2.03 bits per heavy atom. The van der Waals surface area contributed by atoms with Gasteiger partial charge in [-0.05, 0) is 11.6 Å². The minimum Gasteiger partial charge on any atom is -0.462 e. The first-order valence-corrected chi connectivity index (χ1v) is 13.0. The van der Waals surface area contributed by atoms with Crippen LogP contribution >= 0.6 is 23.1 Å². The molecular weight excluding hydrogens is 542 g/mol. The highest BCUT2D eigenvalue weighted by molar-refractivity contribution is 8.00. The number of anilines is 1. The molecule has 14 nitrogen and oxygen atoms in total. The van der Waals surface area contributed by atoms with E-state index in [2.05, 4.69) is 15.5 Å². The number of nitrogens with two attached hydrogens (primary N) is 1. The maximum absolute atomic E-state index is 13.2. The molecule has 0 spiro atoms. The second-order valence-electron chi connectivity index (χ2n) is 7.72. The Morgan fingerprint density at radius 3 is 2.63 bits per heavy atom. The SMILES string of the molecule is CO/N=C(\C(=O)NC1C(=O)N2C(C(=O)OC(C)OC(C)=O)=C(/C=C\COC(C)=O)CS[C@@H]12)c1csc(N)n1. The van der Waals surface area contributed by atoms with Gasteiger partial charge < -0.3 is 30.1 Å². The molecule has 16 heteroatoms. The van der Waals surface area contributed by atoms with Gasteiger partial charge in [-0.15, -0.1) is 23.1 Å². The smallest absolute Gasteiger partial charge is 0.358 e. The first-order chi connectivity index (χ1) is 18.0. The molecule has 1 saturated heterocycles. The summed E-state index contributed by atoms with van der Waals surface area (Å²) in [6, 6.07) is -0.995. The predicted octanol–water partition coefficient (Wildman–Crippen LogP) is 0.301. The van der Waals surface area contributed by atoms with Crippen LogP contribution in [0.15, 0.2) is 34.0 Å². The van der Waals surface area contributed by atoms with E-state index in [0.717, 1.165) is 18.3 Å². The second-order valence-corrected chi connectivity index (χ2v) is 9.71. The molecular formula is C22H25N5O9S2. The molecule has 3 N–H and O–H groups in total. The van der Waals surface area contributed by atoms with E-state index in [1.807, 2.05) is 0 Å². The zero-order chi connectivity index (χ0) is 28.0. The Bertz CT molecular complexity index is 1230. The van der Waals surface area contributed by atoms with E-state index in [9.17, 15) is 24.0 Å². The molecule has 1 fully saturated rings. The largest absolute Gasteiger partial charge is 0.462 e. The van der Waals surface area contributed by atoms with E-state index in [0.29, 0.717) is 5.57 Å². The molecule has 2 amide bonds.